The number of nitrogens with one attached hydrogen (secondary N) is 1. The van der Waals surface area contributed by atoms with E-state index in [9.17, 15) is 0 Å². The third-order valence-corrected chi connectivity index (χ3v) is 3.18. The van der Waals surface area contributed by atoms with E-state index in [2.05, 4.69) is 56.2 Å². The van der Waals surface area contributed by atoms with Gasteiger partial charge in [0.15, 0.2) is 0 Å². The van der Waals surface area contributed by atoms with Crippen molar-refractivity contribution in [2.45, 2.75) is 33.6 Å². The van der Waals surface area contributed by atoms with Gasteiger partial charge in [0.2, 0.25) is 0 Å². The lowest BCUT2D eigenvalue weighted by molar-refractivity contribution is 0.419. The molecule has 17 heavy (non-hydrogen) atoms. The topological polar surface area (TPSA) is 15.3 Å². The molecular formula is C15H24N2. The molecule has 1 aliphatic rings. The maximum Gasteiger partial charge on any atom is 0.0393 e. The van der Waals surface area contributed by atoms with Crippen molar-refractivity contribution in [3.05, 3.63) is 23.8 Å². The van der Waals surface area contributed by atoms with Gasteiger partial charge in [0, 0.05) is 31.5 Å². The summed E-state index contributed by atoms with van der Waals surface area (Å²) in [5.41, 5.74) is 4.43. The van der Waals surface area contributed by atoms with Gasteiger partial charge in [-0.3, -0.25) is 0 Å². The quantitative estimate of drug-likeness (QED) is 0.839. The summed E-state index contributed by atoms with van der Waals surface area (Å²) in [6, 6.07) is 6.81. The van der Waals surface area contributed by atoms with Gasteiger partial charge in [-0.25, -0.2) is 0 Å². The molecule has 1 N–H and O–H groups in total. The van der Waals surface area contributed by atoms with Gasteiger partial charge in [0.25, 0.3) is 0 Å². The highest BCUT2D eigenvalue weighted by Crippen LogP contribution is 2.28. The highest BCUT2D eigenvalue weighted by molar-refractivity contribution is 5.63. The first-order chi connectivity index (χ1) is 7.96. The molecule has 0 aliphatic carbocycles. The van der Waals surface area contributed by atoms with Crippen LogP contribution in [-0.2, 0) is 6.42 Å². The summed E-state index contributed by atoms with van der Waals surface area (Å²) in [7, 11) is 2.18. The van der Waals surface area contributed by atoms with Crippen molar-refractivity contribution in [3.8, 4) is 0 Å². The molecule has 2 nitrogen and oxygen atoms in total. The number of hydrogen-bond acceptors (Lipinski definition) is 2. The number of fused-ring (bicyclic) bond motifs is 1. The highest BCUT2D eigenvalue weighted by Gasteiger charge is 2.15. The third-order valence-electron chi connectivity index (χ3n) is 3.18. The van der Waals surface area contributed by atoms with Crippen LogP contribution in [0.15, 0.2) is 18.2 Å². The molecule has 1 heterocycles. The van der Waals surface area contributed by atoms with Crippen LogP contribution in [0.5, 0.6) is 0 Å². The molecule has 0 atom stereocenters. The molecule has 0 aromatic heterocycles. The zero-order valence-corrected chi connectivity index (χ0v) is 11.5. The van der Waals surface area contributed by atoms with Gasteiger partial charge >= 0.3 is 0 Å². The summed E-state index contributed by atoms with van der Waals surface area (Å²) in [6.07, 6.45) is 2.47. The average molecular weight is 232 g/mol. The van der Waals surface area contributed by atoms with Crippen molar-refractivity contribution in [3.63, 3.8) is 0 Å². The second-order valence-corrected chi connectivity index (χ2v) is 6.29. The van der Waals surface area contributed by atoms with Gasteiger partial charge in [-0.15, -0.1) is 0 Å². The van der Waals surface area contributed by atoms with Gasteiger partial charge in [0.05, 0.1) is 0 Å². The van der Waals surface area contributed by atoms with Crippen LogP contribution in [-0.4, -0.2) is 20.1 Å². The maximum absolute atomic E-state index is 3.49. The van der Waals surface area contributed by atoms with E-state index in [1.807, 2.05) is 0 Å². The smallest absolute Gasteiger partial charge is 0.0393 e. The molecule has 1 aromatic rings. The molecule has 0 radical (unpaired) electrons. The average Bonchev–Trinajstić information content (AvgIpc) is 2.26. The Hall–Kier alpha value is -1.18. The second-order valence-electron chi connectivity index (χ2n) is 6.29. The Kier molecular flexibility index (Phi) is 3.32. The fourth-order valence-electron chi connectivity index (χ4n) is 2.49. The fraction of sp³-hybridized carbons (Fsp3) is 0.600. The van der Waals surface area contributed by atoms with Crippen molar-refractivity contribution in [2.24, 2.45) is 5.41 Å². The predicted molar refractivity (Wildman–Crippen MR) is 76.0 cm³/mol. The number of aryl methyl sites for hydroxylation is 1. The molecule has 0 saturated heterocycles. The molecule has 94 valence electrons. The summed E-state index contributed by atoms with van der Waals surface area (Å²) >= 11 is 0. The summed E-state index contributed by atoms with van der Waals surface area (Å²) < 4.78 is 0. The second kappa shape index (κ2) is 4.59. The minimum absolute atomic E-state index is 0.331. The van der Waals surface area contributed by atoms with Gasteiger partial charge < -0.3 is 10.2 Å². The van der Waals surface area contributed by atoms with Crippen LogP contribution in [0.2, 0.25) is 0 Å². The molecule has 1 aromatic carbocycles. The van der Waals surface area contributed by atoms with E-state index in [0.29, 0.717) is 5.41 Å². The van der Waals surface area contributed by atoms with E-state index < -0.39 is 0 Å². The molecule has 1 aliphatic heterocycles. The lowest BCUT2D eigenvalue weighted by atomic mass is 9.95. The van der Waals surface area contributed by atoms with E-state index in [4.69, 9.17) is 0 Å². The van der Waals surface area contributed by atoms with E-state index >= 15 is 0 Å². The van der Waals surface area contributed by atoms with Crippen molar-refractivity contribution < 1.29 is 0 Å². The normalized spacial score (nSPS) is 15.1. The van der Waals surface area contributed by atoms with Crippen molar-refractivity contribution in [2.75, 3.05) is 30.4 Å². The Labute approximate surface area is 105 Å². The van der Waals surface area contributed by atoms with E-state index in [-0.39, 0.29) is 0 Å². The number of nitrogens with zero attached hydrogens (tertiary/aromatic N) is 1. The lowest BCUT2D eigenvalue weighted by Crippen LogP contribution is -2.29. The third kappa shape index (κ3) is 3.15. The summed E-state index contributed by atoms with van der Waals surface area (Å²) in [5, 5.41) is 3.49. The Bertz CT molecular complexity index is 390. The van der Waals surface area contributed by atoms with Gasteiger partial charge in [-0.2, -0.15) is 0 Å². The zero-order valence-electron chi connectivity index (χ0n) is 11.5. The molecule has 0 unspecified atom stereocenters. The van der Waals surface area contributed by atoms with Crippen LogP contribution in [0.3, 0.4) is 0 Å². The molecule has 2 rings (SSSR count). The molecular weight excluding hydrogens is 208 g/mol. The van der Waals surface area contributed by atoms with E-state index in [1.165, 1.54) is 29.8 Å². The Morgan fingerprint density at radius 1 is 1.29 bits per heavy atom. The number of hydrogen-bond donors (Lipinski definition) is 1. The number of anilines is 2. The number of rotatable bonds is 2. The molecule has 0 bridgehead atoms. The lowest BCUT2D eigenvalue weighted by Gasteiger charge is -2.29. The van der Waals surface area contributed by atoms with Crippen LogP contribution >= 0.6 is 0 Å². The fourth-order valence-corrected chi connectivity index (χ4v) is 2.49. The van der Waals surface area contributed by atoms with Crippen molar-refractivity contribution >= 4 is 11.4 Å². The predicted octanol–water partition coefficient (Wildman–Crippen LogP) is 3.53. The standard InChI is InChI=1S/C15H24N2/c1-15(2,3)11-17(4)13-8-7-12-6-5-9-16-14(12)10-13/h7-8,10,16H,5-6,9,11H2,1-4H3. The van der Waals surface area contributed by atoms with Gasteiger partial charge in [-0.05, 0) is 36.0 Å². The highest BCUT2D eigenvalue weighted by atomic mass is 15.1. The first-order valence-corrected chi connectivity index (χ1v) is 6.54. The van der Waals surface area contributed by atoms with E-state index in [1.54, 1.807) is 0 Å². The maximum atomic E-state index is 3.49. The van der Waals surface area contributed by atoms with Crippen LogP contribution in [0, 0.1) is 5.41 Å². The largest absolute Gasteiger partial charge is 0.385 e. The first kappa shape index (κ1) is 12.3. The monoisotopic (exact) mass is 232 g/mol. The first-order valence-electron chi connectivity index (χ1n) is 6.54. The van der Waals surface area contributed by atoms with Crippen LogP contribution < -0.4 is 10.2 Å². The van der Waals surface area contributed by atoms with Crippen molar-refractivity contribution in [1.29, 1.82) is 0 Å². The summed E-state index contributed by atoms with van der Waals surface area (Å²) in [6.45, 7) is 9.02. The van der Waals surface area contributed by atoms with E-state index in [0.717, 1.165) is 13.1 Å². The molecule has 0 fully saturated rings. The minimum atomic E-state index is 0.331. The molecule has 0 saturated carbocycles. The molecule has 2 heteroatoms. The Morgan fingerprint density at radius 3 is 2.76 bits per heavy atom. The minimum Gasteiger partial charge on any atom is -0.385 e. The van der Waals surface area contributed by atoms with Gasteiger partial charge in [0.1, 0.15) is 0 Å². The summed E-state index contributed by atoms with van der Waals surface area (Å²) in [5.74, 6) is 0. The van der Waals surface area contributed by atoms with Crippen molar-refractivity contribution in [1.82, 2.24) is 0 Å². The van der Waals surface area contributed by atoms with Crippen LogP contribution in [0.1, 0.15) is 32.8 Å². The summed E-state index contributed by atoms with van der Waals surface area (Å²) in [4.78, 5) is 2.34. The molecule has 0 spiro atoms. The number of benzene rings is 1. The Morgan fingerprint density at radius 2 is 2.06 bits per heavy atom. The van der Waals surface area contributed by atoms with Crippen LogP contribution in [0.25, 0.3) is 0 Å². The van der Waals surface area contributed by atoms with Gasteiger partial charge in [-0.1, -0.05) is 26.8 Å². The Balaban J connectivity index is 2.16. The zero-order chi connectivity index (χ0) is 12.5. The van der Waals surface area contributed by atoms with Crippen LogP contribution in [0.4, 0.5) is 11.4 Å². The SMILES string of the molecule is CN(CC(C)(C)C)c1ccc2c(c1)NCCC2. The molecule has 0 amide bonds.